The van der Waals surface area contributed by atoms with E-state index in [9.17, 15) is 0 Å². The van der Waals surface area contributed by atoms with Crippen LogP contribution in [0, 0.1) is 5.92 Å². The van der Waals surface area contributed by atoms with Crippen molar-refractivity contribution in [3.8, 4) is 34.5 Å². The summed E-state index contributed by atoms with van der Waals surface area (Å²) < 4.78 is 40.3. The van der Waals surface area contributed by atoms with Crippen molar-refractivity contribution in [3.05, 3.63) is 35.4 Å². The van der Waals surface area contributed by atoms with Gasteiger partial charge in [0.1, 0.15) is 5.75 Å². The minimum absolute atomic E-state index is 0.0230. The first kappa shape index (κ1) is 21.0. The van der Waals surface area contributed by atoms with Crippen molar-refractivity contribution in [1.29, 1.82) is 0 Å². The third-order valence-electron chi connectivity index (χ3n) is 6.52. The van der Waals surface area contributed by atoms with E-state index >= 15 is 0 Å². The molecule has 8 heteroatoms. The van der Waals surface area contributed by atoms with E-state index in [2.05, 4.69) is 11.8 Å². The summed E-state index contributed by atoms with van der Waals surface area (Å²) in [6.07, 6.45) is -0.101. The first-order valence-corrected chi connectivity index (χ1v) is 10.9. The molecule has 5 rings (SSSR count). The Morgan fingerprint density at radius 2 is 1.50 bits per heavy atom. The molecule has 32 heavy (non-hydrogen) atoms. The molecule has 0 bridgehead atoms. The summed E-state index contributed by atoms with van der Waals surface area (Å²) in [4.78, 5) is 2.35. The molecule has 0 aliphatic carbocycles. The smallest absolute Gasteiger partial charge is 0.231 e. The number of hydrogen-bond acceptors (Lipinski definition) is 8. The van der Waals surface area contributed by atoms with Crippen LogP contribution in [0.5, 0.6) is 34.5 Å². The van der Waals surface area contributed by atoms with E-state index in [0.717, 1.165) is 35.7 Å². The van der Waals surface area contributed by atoms with E-state index in [1.807, 2.05) is 24.3 Å². The highest BCUT2D eigenvalue weighted by Crippen LogP contribution is 2.51. The number of hydrogen-bond donors (Lipinski definition) is 0. The fraction of sp³-hybridized carbons (Fsp3) is 0.500. The summed E-state index contributed by atoms with van der Waals surface area (Å²) in [5.74, 6) is 4.26. The van der Waals surface area contributed by atoms with Crippen LogP contribution >= 0.6 is 0 Å². The van der Waals surface area contributed by atoms with Gasteiger partial charge in [-0.25, -0.2) is 0 Å². The molecule has 0 aromatic heterocycles. The lowest BCUT2D eigenvalue weighted by Gasteiger charge is -2.44. The number of morpholine rings is 1. The number of benzene rings is 2. The van der Waals surface area contributed by atoms with E-state index in [1.165, 1.54) is 0 Å². The standard InChI is InChI=1S/C24H29NO7/c1-14-22(15-9-20(26-2)23(28-4)21(10-15)27-3)16-11-18-19(31-13-30-18)12-17(16)32-24(14)25-5-7-29-8-6-25/h9-12,14,22,24H,5-8,13H2,1-4H3/t14-,22+,24-/m1/s1. The van der Waals surface area contributed by atoms with Gasteiger partial charge in [0.15, 0.2) is 29.2 Å². The Hall–Kier alpha value is -2.84. The highest BCUT2D eigenvalue weighted by atomic mass is 16.7. The topological polar surface area (TPSA) is 67.9 Å². The average Bonchev–Trinajstić information content (AvgIpc) is 3.29. The maximum Gasteiger partial charge on any atom is 0.231 e. The van der Waals surface area contributed by atoms with Gasteiger partial charge < -0.3 is 33.2 Å². The molecule has 172 valence electrons. The fourth-order valence-electron chi connectivity index (χ4n) is 4.97. The van der Waals surface area contributed by atoms with Crippen molar-refractivity contribution in [2.75, 3.05) is 54.4 Å². The van der Waals surface area contributed by atoms with Gasteiger partial charge in [-0.05, 0) is 23.8 Å². The van der Waals surface area contributed by atoms with E-state index in [1.54, 1.807) is 21.3 Å². The molecular weight excluding hydrogens is 414 g/mol. The zero-order chi connectivity index (χ0) is 22.2. The third kappa shape index (κ3) is 3.47. The third-order valence-corrected chi connectivity index (χ3v) is 6.52. The molecule has 3 aliphatic rings. The molecule has 0 unspecified atom stereocenters. The fourth-order valence-corrected chi connectivity index (χ4v) is 4.97. The monoisotopic (exact) mass is 443 g/mol. The molecule has 3 aliphatic heterocycles. The highest BCUT2D eigenvalue weighted by molar-refractivity contribution is 5.60. The second kappa shape index (κ2) is 8.60. The van der Waals surface area contributed by atoms with E-state index < -0.39 is 0 Å². The average molecular weight is 443 g/mol. The molecule has 0 N–H and O–H groups in total. The normalized spacial score (nSPS) is 24.4. The summed E-state index contributed by atoms with van der Waals surface area (Å²) in [6, 6.07) is 8.04. The van der Waals surface area contributed by atoms with Crippen LogP contribution in [0.25, 0.3) is 0 Å². The number of ether oxygens (including phenoxy) is 7. The van der Waals surface area contributed by atoms with Gasteiger partial charge in [-0.2, -0.15) is 0 Å². The lowest BCUT2D eigenvalue weighted by atomic mass is 9.77. The largest absolute Gasteiger partial charge is 0.493 e. The van der Waals surface area contributed by atoms with Crippen molar-refractivity contribution >= 4 is 0 Å². The van der Waals surface area contributed by atoms with E-state index in [4.69, 9.17) is 33.2 Å². The zero-order valence-electron chi connectivity index (χ0n) is 18.9. The molecule has 0 saturated carbocycles. The Kier molecular flexibility index (Phi) is 5.65. The quantitative estimate of drug-likeness (QED) is 0.698. The molecule has 0 amide bonds. The van der Waals surface area contributed by atoms with Crippen molar-refractivity contribution in [1.82, 2.24) is 4.90 Å². The maximum absolute atomic E-state index is 6.57. The second-order valence-corrected chi connectivity index (χ2v) is 8.20. The maximum atomic E-state index is 6.57. The minimum atomic E-state index is -0.101. The van der Waals surface area contributed by atoms with Crippen LogP contribution < -0.4 is 28.4 Å². The molecular formula is C24H29NO7. The van der Waals surface area contributed by atoms with Crippen molar-refractivity contribution < 1.29 is 33.2 Å². The Morgan fingerprint density at radius 1 is 0.844 bits per heavy atom. The summed E-state index contributed by atoms with van der Waals surface area (Å²) in [6.45, 7) is 5.51. The number of rotatable bonds is 5. The van der Waals surface area contributed by atoms with Gasteiger partial charge in [0.2, 0.25) is 12.5 Å². The summed E-state index contributed by atoms with van der Waals surface area (Å²) in [5.41, 5.74) is 2.12. The number of nitrogens with zero attached hydrogens (tertiary/aromatic N) is 1. The van der Waals surface area contributed by atoms with Crippen LogP contribution in [-0.4, -0.2) is 65.6 Å². The number of fused-ring (bicyclic) bond motifs is 2. The van der Waals surface area contributed by atoms with Crippen LogP contribution in [0.2, 0.25) is 0 Å². The first-order valence-electron chi connectivity index (χ1n) is 10.9. The Balaban J connectivity index is 1.64. The van der Waals surface area contributed by atoms with Gasteiger partial charge in [0, 0.05) is 36.6 Å². The highest BCUT2D eigenvalue weighted by Gasteiger charge is 2.41. The molecule has 0 spiro atoms. The molecule has 1 fully saturated rings. The zero-order valence-corrected chi connectivity index (χ0v) is 18.9. The SMILES string of the molecule is COc1cc([C@H]2c3cc4c(cc3O[C@@H](N3CCOCC3)[C@@H]2C)OCO4)cc(OC)c1OC. The van der Waals surface area contributed by atoms with Gasteiger partial charge >= 0.3 is 0 Å². The van der Waals surface area contributed by atoms with Crippen LogP contribution in [0.4, 0.5) is 0 Å². The molecule has 2 aromatic carbocycles. The molecule has 3 heterocycles. The lowest BCUT2D eigenvalue weighted by Crippen LogP contribution is -2.52. The lowest BCUT2D eigenvalue weighted by molar-refractivity contribution is -0.0784. The van der Waals surface area contributed by atoms with E-state index in [-0.39, 0.29) is 24.9 Å². The second-order valence-electron chi connectivity index (χ2n) is 8.20. The van der Waals surface area contributed by atoms with Gasteiger partial charge in [-0.1, -0.05) is 6.92 Å². The van der Waals surface area contributed by atoms with Crippen LogP contribution in [-0.2, 0) is 4.74 Å². The minimum Gasteiger partial charge on any atom is -0.493 e. The molecule has 2 aromatic rings. The Labute approximate surface area is 187 Å². The van der Waals surface area contributed by atoms with Crippen molar-refractivity contribution in [3.63, 3.8) is 0 Å². The predicted molar refractivity (Wildman–Crippen MR) is 116 cm³/mol. The van der Waals surface area contributed by atoms with Gasteiger partial charge in [-0.15, -0.1) is 0 Å². The van der Waals surface area contributed by atoms with Gasteiger partial charge in [0.05, 0.1) is 34.5 Å². The van der Waals surface area contributed by atoms with Crippen LogP contribution in [0.15, 0.2) is 24.3 Å². The molecule has 3 atom stereocenters. The van der Waals surface area contributed by atoms with Crippen molar-refractivity contribution in [2.24, 2.45) is 5.92 Å². The molecule has 1 saturated heterocycles. The van der Waals surface area contributed by atoms with Gasteiger partial charge in [0.25, 0.3) is 0 Å². The summed E-state index contributed by atoms with van der Waals surface area (Å²) >= 11 is 0. The Morgan fingerprint density at radius 3 is 2.12 bits per heavy atom. The van der Waals surface area contributed by atoms with Gasteiger partial charge in [-0.3, -0.25) is 4.90 Å². The van der Waals surface area contributed by atoms with Crippen LogP contribution in [0.3, 0.4) is 0 Å². The molecule has 8 nitrogen and oxygen atoms in total. The van der Waals surface area contributed by atoms with E-state index in [0.29, 0.717) is 36.2 Å². The summed E-state index contributed by atoms with van der Waals surface area (Å²) in [5, 5.41) is 0. The van der Waals surface area contributed by atoms with Crippen LogP contribution in [0.1, 0.15) is 24.0 Å². The number of methoxy groups -OCH3 is 3. The predicted octanol–water partition coefficient (Wildman–Crippen LogP) is 3.26. The Bertz CT molecular complexity index is 964. The molecule has 0 radical (unpaired) electrons. The van der Waals surface area contributed by atoms with Crippen molar-refractivity contribution in [2.45, 2.75) is 19.1 Å². The summed E-state index contributed by atoms with van der Waals surface area (Å²) in [7, 11) is 4.88. The first-order chi connectivity index (χ1) is 15.6.